The van der Waals surface area contributed by atoms with Crippen LogP contribution in [0.25, 0.3) is 0 Å². The lowest BCUT2D eigenvalue weighted by Crippen LogP contribution is -2.24. The van der Waals surface area contributed by atoms with Gasteiger partial charge >= 0.3 is 0 Å². The van der Waals surface area contributed by atoms with Crippen molar-refractivity contribution in [3.05, 3.63) is 33.9 Å². The van der Waals surface area contributed by atoms with E-state index in [4.69, 9.17) is 0 Å². The van der Waals surface area contributed by atoms with E-state index in [1.165, 1.54) is 25.2 Å². The van der Waals surface area contributed by atoms with Crippen LogP contribution in [0, 0.1) is 10.1 Å². The van der Waals surface area contributed by atoms with Gasteiger partial charge in [-0.05, 0) is 25.5 Å². The number of nitrogens with one attached hydrogen (secondary N) is 1. The lowest BCUT2D eigenvalue weighted by molar-refractivity contribution is -0.384. The molecule has 0 fully saturated rings. The van der Waals surface area contributed by atoms with Crippen molar-refractivity contribution in [3.8, 4) is 0 Å². The Labute approximate surface area is 117 Å². The number of nitro benzene ring substituents is 1. The zero-order valence-corrected chi connectivity index (χ0v) is 11.8. The van der Waals surface area contributed by atoms with E-state index in [1.54, 1.807) is 18.9 Å². The zero-order valence-electron chi connectivity index (χ0n) is 11.8. The van der Waals surface area contributed by atoms with E-state index in [9.17, 15) is 20.0 Å². The number of rotatable bonds is 6. The molecule has 7 heteroatoms. The van der Waals surface area contributed by atoms with E-state index in [-0.39, 0.29) is 11.6 Å². The Hall–Kier alpha value is -2.15. The molecule has 7 nitrogen and oxygen atoms in total. The number of nitro groups is 1. The predicted molar refractivity (Wildman–Crippen MR) is 76.1 cm³/mol. The Morgan fingerprint density at radius 3 is 2.70 bits per heavy atom. The van der Waals surface area contributed by atoms with Gasteiger partial charge < -0.3 is 15.3 Å². The highest BCUT2D eigenvalue weighted by Crippen LogP contribution is 2.28. The molecular weight excluding hydrogens is 262 g/mol. The first kappa shape index (κ1) is 15.9. The van der Waals surface area contributed by atoms with Crippen LogP contribution >= 0.6 is 0 Å². The third kappa shape index (κ3) is 3.92. The van der Waals surface area contributed by atoms with Crippen molar-refractivity contribution in [2.24, 2.45) is 0 Å². The maximum absolute atomic E-state index is 11.6. The Morgan fingerprint density at radius 1 is 1.55 bits per heavy atom. The number of benzene rings is 1. The first-order chi connectivity index (χ1) is 9.36. The van der Waals surface area contributed by atoms with Gasteiger partial charge in [0.1, 0.15) is 5.69 Å². The topological polar surface area (TPSA) is 95.7 Å². The summed E-state index contributed by atoms with van der Waals surface area (Å²) in [7, 11) is 3.19. The maximum Gasteiger partial charge on any atom is 0.292 e. The van der Waals surface area contributed by atoms with Crippen LogP contribution in [0.2, 0.25) is 0 Å². The lowest BCUT2D eigenvalue weighted by Gasteiger charge is -2.20. The Kier molecular flexibility index (Phi) is 5.45. The predicted octanol–water partition coefficient (Wildman–Crippen LogP) is 1.16. The molecule has 0 saturated carbocycles. The third-order valence-corrected chi connectivity index (χ3v) is 2.95. The van der Waals surface area contributed by atoms with Crippen LogP contribution in [0.15, 0.2) is 18.2 Å². The quantitative estimate of drug-likeness (QED) is 0.602. The molecule has 20 heavy (non-hydrogen) atoms. The van der Waals surface area contributed by atoms with Crippen molar-refractivity contribution in [1.82, 2.24) is 5.32 Å². The molecule has 1 unspecified atom stereocenters. The first-order valence-electron chi connectivity index (χ1n) is 6.26. The molecule has 0 heterocycles. The SMILES string of the molecule is CNC(=O)c1ccc([N+](=O)[O-])c(N(C)CCC(C)O)c1. The van der Waals surface area contributed by atoms with E-state index in [1.807, 2.05) is 0 Å². The van der Waals surface area contributed by atoms with Crippen molar-refractivity contribution in [1.29, 1.82) is 0 Å². The molecule has 0 aliphatic carbocycles. The summed E-state index contributed by atoms with van der Waals surface area (Å²) >= 11 is 0. The van der Waals surface area contributed by atoms with Gasteiger partial charge in [0.15, 0.2) is 0 Å². The molecule has 1 aromatic rings. The summed E-state index contributed by atoms with van der Waals surface area (Å²) in [6.45, 7) is 2.11. The van der Waals surface area contributed by atoms with Crippen LogP contribution in [0.5, 0.6) is 0 Å². The Bertz CT molecular complexity index is 502. The van der Waals surface area contributed by atoms with E-state index in [0.717, 1.165) is 0 Å². The maximum atomic E-state index is 11.6. The number of carbonyl (C=O) groups excluding carboxylic acids is 1. The fraction of sp³-hybridized carbons (Fsp3) is 0.462. The van der Waals surface area contributed by atoms with Crippen LogP contribution < -0.4 is 10.2 Å². The summed E-state index contributed by atoms with van der Waals surface area (Å²) in [6.07, 6.45) is -0.00340. The number of carbonyl (C=O) groups is 1. The van der Waals surface area contributed by atoms with Gasteiger partial charge in [0.05, 0.1) is 11.0 Å². The van der Waals surface area contributed by atoms with Crippen molar-refractivity contribution in [2.75, 3.05) is 25.5 Å². The van der Waals surface area contributed by atoms with Gasteiger partial charge in [0, 0.05) is 32.3 Å². The summed E-state index contributed by atoms with van der Waals surface area (Å²) < 4.78 is 0. The fourth-order valence-electron chi connectivity index (χ4n) is 1.77. The minimum Gasteiger partial charge on any atom is -0.393 e. The van der Waals surface area contributed by atoms with Gasteiger partial charge in [-0.2, -0.15) is 0 Å². The van der Waals surface area contributed by atoms with E-state index in [0.29, 0.717) is 24.2 Å². The molecule has 2 N–H and O–H groups in total. The molecule has 0 aliphatic rings. The molecule has 0 radical (unpaired) electrons. The summed E-state index contributed by atoms with van der Waals surface area (Å²) in [5, 5.41) is 22.8. The van der Waals surface area contributed by atoms with E-state index < -0.39 is 11.0 Å². The van der Waals surface area contributed by atoms with Crippen LogP contribution in [-0.2, 0) is 0 Å². The van der Waals surface area contributed by atoms with Gasteiger partial charge in [-0.25, -0.2) is 0 Å². The highest BCUT2D eigenvalue weighted by atomic mass is 16.6. The van der Waals surface area contributed by atoms with Crippen molar-refractivity contribution >= 4 is 17.3 Å². The number of amides is 1. The van der Waals surface area contributed by atoms with Gasteiger partial charge in [0.2, 0.25) is 0 Å². The fourth-order valence-corrected chi connectivity index (χ4v) is 1.77. The molecule has 0 bridgehead atoms. The van der Waals surface area contributed by atoms with E-state index in [2.05, 4.69) is 5.32 Å². The second-order valence-corrected chi connectivity index (χ2v) is 4.60. The molecule has 0 aromatic heterocycles. The van der Waals surface area contributed by atoms with Crippen LogP contribution in [0.4, 0.5) is 11.4 Å². The summed E-state index contributed by atoms with van der Waals surface area (Å²) in [4.78, 5) is 23.8. The van der Waals surface area contributed by atoms with Crippen LogP contribution in [0.3, 0.4) is 0 Å². The zero-order chi connectivity index (χ0) is 15.3. The van der Waals surface area contributed by atoms with Gasteiger partial charge in [0.25, 0.3) is 11.6 Å². The lowest BCUT2D eigenvalue weighted by atomic mass is 10.1. The van der Waals surface area contributed by atoms with Gasteiger partial charge in [-0.1, -0.05) is 0 Å². The number of aliphatic hydroxyl groups excluding tert-OH is 1. The highest BCUT2D eigenvalue weighted by Gasteiger charge is 2.19. The second-order valence-electron chi connectivity index (χ2n) is 4.60. The minimum atomic E-state index is -0.487. The number of aliphatic hydroxyl groups is 1. The largest absolute Gasteiger partial charge is 0.393 e. The number of nitrogens with zero attached hydrogens (tertiary/aromatic N) is 2. The van der Waals surface area contributed by atoms with Crippen molar-refractivity contribution in [2.45, 2.75) is 19.4 Å². The molecule has 0 aliphatic heterocycles. The van der Waals surface area contributed by atoms with Crippen LogP contribution in [0.1, 0.15) is 23.7 Å². The average molecular weight is 281 g/mol. The standard InChI is InChI=1S/C13H19N3O4/c1-9(17)6-7-15(3)12-8-10(13(18)14-2)4-5-11(12)16(19)20/h4-5,8-9,17H,6-7H2,1-3H3,(H,14,18). The second kappa shape index (κ2) is 6.85. The molecule has 0 spiro atoms. The smallest absolute Gasteiger partial charge is 0.292 e. The molecule has 1 aromatic carbocycles. The number of hydrogen-bond acceptors (Lipinski definition) is 5. The molecule has 1 atom stereocenters. The summed E-state index contributed by atoms with van der Waals surface area (Å²) in [5.74, 6) is -0.301. The van der Waals surface area contributed by atoms with Gasteiger partial charge in [-0.15, -0.1) is 0 Å². The third-order valence-electron chi connectivity index (χ3n) is 2.95. The first-order valence-corrected chi connectivity index (χ1v) is 6.26. The normalized spacial score (nSPS) is 11.8. The molecule has 1 rings (SSSR count). The van der Waals surface area contributed by atoms with Crippen LogP contribution in [-0.4, -0.2) is 42.7 Å². The molecule has 1 amide bonds. The summed E-state index contributed by atoms with van der Waals surface area (Å²) in [6, 6.07) is 4.22. The summed E-state index contributed by atoms with van der Waals surface area (Å²) in [5.41, 5.74) is 0.652. The van der Waals surface area contributed by atoms with Gasteiger partial charge in [-0.3, -0.25) is 14.9 Å². The Morgan fingerprint density at radius 2 is 2.20 bits per heavy atom. The highest BCUT2D eigenvalue weighted by molar-refractivity contribution is 5.95. The molecule has 0 saturated heterocycles. The van der Waals surface area contributed by atoms with E-state index >= 15 is 0 Å². The average Bonchev–Trinajstić information content (AvgIpc) is 2.42. The molecular formula is C13H19N3O4. The van der Waals surface area contributed by atoms with Crippen molar-refractivity contribution in [3.63, 3.8) is 0 Å². The number of anilines is 1. The number of hydrogen-bond donors (Lipinski definition) is 2. The molecule has 110 valence electrons. The minimum absolute atomic E-state index is 0.0641. The Balaban J connectivity index is 3.11. The van der Waals surface area contributed by atoms with Crippen molar-refractivity contribution < 1.29 is 14.8 Å². The monoisotopic (exact) mass is 281 g/mol.